The number of aromatic carboxylic acids is 1. The van der Waals surface area contributed by atoms with Gasteiger partial charge in [0.05, 0.1) is 5.56 Å². The first-order valence-electron chi connectivity index (χ1n) is 6.69. The third-order valence-corrected chi connectivity index (χ3v) is 3.11. The van der Waals surface area contributed by atoms with E-state index in [0.717, 1.165) is 6.42 Å². The highest BCUT2D eigenvalue weighted by atomic mass is 16.4. The molecule has 6 nitrogen and oxygen atoms in total. The molecule has 21 heavy (non-hydrogen) atoms. The van der Waals surface area contributed by atoms with Crippen molar-refractivity contribution in [1.29, 1.82) is 0 Å². The van der Waals surface area contributed by atoms with E-state index in [2.05, 4.69) is 10.3 Å². The molecule has 6 heteroatoms. The van der Waals surface area contributed by atoms with E-state index >= 15 is 0 Å². The van der Waals surface area contributed by atoms with Crippen molar-refractivity contribution in [2.45, 2.75) is 26.8 Å². The molecule has 2 aromatic rings. The van der Waals surface area contributed by atoms with Crippen molar-refractivity contribution >= 4 is 17.5 Å². The molecule has 1 aromatic carbocycles. The number of hydrogen-bond donors (Lipinski definition) is 2. The molecule has 0 atom stereocenters. The number of carboxylic acid groups (broad SMARTS) is 1. The van der Waals surface area contributed by atoms with Gasteiger partial charge in [0.1, 0.15) is 0 Å². The van der Waals surface area contributed by atoms with Crippen LogP contribution >= 0.6 is 0 Å². The predicted octanol–water partition coefficient (Wildman–Crippen LogP) is 2.40. The van der Waals surface area contributed by atoms with E-state index in [1.54, 1.807) is 36.0 Å². The zero-order chi connectivity index (χ0) is 15.4. The lowest BCUT2D eigenvalue weighted by molar-refractivity contribution is 0.0696. The summed E-state index contributed by atoms with van der Waals surface area (Å²) in [6, 6.07) is 4.91. The highest BCUT2D eigenvalue weighted by molar-refractivity contribution is 5.90. The van der Waals surface area contributed by atoms with Gasteiger partial charge >= 0.3 is 5.97 Å². The third-order valence-electron chi connectivity index (χ3n) is 3.11. The fourth-order valence-corrected chi connectivity index (χ4v) is 2.02. The standard InChI is InChI=1S/C15H17N3O3/c1-3-7-18-8-6-16-13(14(18)19)17-11-5-4-10(2)12(9-11)15(20)21/h4-6,8-9H,3,7H2,1-2H3,(H,16,17)(H,20,21). The van der Waals surface area contributed by atoms with Crippen LogP contribution in [0.3, 0.4) is 0 Å². The van der Waals surface area contributed by atoms with Crippen LogP contribution < -0.4 is 10.9 Å². The van der Waals surface area contributed by atoms with Gasteiger partial charge in [-0.3, -0.25) is 4.79 Å². The van der Waals surface area contributed by atoms with E-state index in [-0.39, 0.29) is 16.9 Å². The first-order chi connectivity index (χ1) is 10.0. The molecule has 0 unspecified atom stereocenters. The minimum absolute atomic E-state index is 0.186. The molecule has 2 N–H and O–H groups in total. The molecule has 0 aliphatic rings. The van der Waals surface area contributed by atoms with Gasteiger partial charge < -0.3 is 15.0 Å². The van der Waals surface area contributed by atoms with Crippen LogP contribution in [-0.2, 0) is 6.54 Å². The highest BCUT2D eigenvalue weighted by Crippen LogP contribution is 2.17. The summed E-state index contributed by atoms with van der Waals surface area (Å²) in [7, 11) is 0. The Kier molecular flexibility index (Phi) is 4.37. The number of hydrogen-bond acceptors (Lipinski definition) is 4. The Bertz CT molecular complexity index is 722. The first kappa shape index (κ1) is 14.8. The monoisotopic (exact) mass is 287 g/mol. The van der Waals surface area contributed by atoms with E-state index in [4.69, 9.17) is 5.11 Å². The van der Waals surface area contributed by atoms with Crippen LogP contribution in [0.5, 0.6) is 0 Å². The molecule has 0 bridgehead atoms. The summed E-state index contributed by atoms with van der Waals surface area (Å²) in [6.45, 7) is 4.33. The Morgan fingerprint density at radius 2 is 2.19 bits per heavy atom. The van der Waals surface area contributed by atoms with Gasteiger partial charge in [-0.15, -0.1) is 0 Å². The highest BCUT2D eigenvalue weighted by Gasteiger charge is 2.10. The zero-order valence-electron chi connectivity index (χ0n) is 12.0. The Labute approximate surface area is 122 Å². The van der Waals surface area contributed by atoms with Crippen molar-refractivity contribution < 1.29 is 9.90 Å². The Hall–Kier alpha value is -2.63. The van der Waals surface area contributed by atoms with Crippen molar-refractivity contribution in [3.05, 3.63) is 52.1 Å². The molecule has 2 rings (SSSR count). The molecule has 1 heterocycles. The first-order valence-corrected chi connectivity index (χ1v) is 6.69. The summed E-state index contributed by atoms with van der Waals surface area (Å²) in [5.41, 5.74) is 1.16. The van der Waals surface area contributed by atoms with Gasteiger partial charge in [-0.1, -0.05) is 13.0 Å². The Balaban J connectivity index is 2.35. The second kappa shape index (κ2) is 6.21. The molecule has 0 aliphatic heterocycles. The minimum Gasteiger partial charge on any atom is -0.478 e. The zero-order valence-corrected chi connectivity index (χ0v) is 12.0. The van der Waals surface area contributed by atoms with Crippen LogP contribution in [0.2, 0.25) is 0 Å². The molecule has 0 amide bonds. The smallest absolute Gasteiger partial charge is 0.336 e. The Morgan fingerprint density at radius 3 is 2.86 bits per heavy atom. The average molecular weight is 287 g/mol. The fourth-order valence-electron chi connectivity index (χ4n) is 2.02. The SMILES string of the molecule is CCCn1ccnc(Nc2ccc(C)c(C(=O)O)c2)c1=O. The number of nitrogens with zero attached hydrogens (tertiary/aromatic N) is 2. The fraction of sp³-hybridized carbons (Fsp3) is 0.267. The summed E-state index contributed by atoms with van der Waals surface area (Å²) in [4.78, 5) is 27.3. The summed E-state index contributed by atoms with van der Waals surface area (Å²) in [5.74, 6) is -0.813. The van der Waals surface area contributed by atoms with Crippen molar-refractivity contribution in [3.63, 3.8) is 0 Å². The molecule has 0 saturated carbocycles. The topological polar surface area (TPSA) is 84.2 Å². The quantitative estimate of drug-likeness (QED) is 0.882. The maximum atomic E-state index is 12.2. The van der Waals surface area contributed by atoms with Crippen LogP contribution in [0.15, 0.2) is 35.4 Å². The van der Waals surface area contributed by atoms with Gasteiger partial charge in [-0.05, 0) is 31.0 Å². The summed E-state index contributed by atoms with van der Waals surface area (Å²) < 4.78 is 1.57. The largest absolute Gasteiger partial charge is 0.478 e. The van der Waals surface area contributed by atoms with E-state index in [9.17, 15) is 9.59 Å². The van der Waals surface area contributed by atoms with Crippen LogP contribution in [0.4, 0.5) is 11.5 Å². The number of carboxylic acids is 1. The molecule has 0 aliphatic carbocycles. The number of benzene rings is 1. The van der Waals surface area contributed by atoms with Crippen molar-refractivity contribution in [2.24, 2.45) is 0 Å². The lowest BCUT2D eigenvalue weighted by atomic mass is 10.1. The van der Waals surface area contributed by atoms with Crippen molar-refractivity contribution in [2.75, 3.05) is 5.32 Å². The van der Waals surface area contributed by atoms with Crippen molar-refractivity contribution in [3.8, 4) is 0 Å². The van der Waals surface area contributed by atoms with Crippen molar-refractivity contribution in [1.82, 2.24) is 9.55 Å². The second-order valence-electron chi connectivity index (χ2n) is 4.73. The summed E-state index contributed by atoms with van der Waals surface area (Å²) in [5, 5.41) is 12.0. The second-order valence-corrected chi connectivity index (χ2v) is 4.73. The van der Waals surface area contributed by atoms with E-state index in [0.29, 0.717) is 17.8 Å². The van der Waals surface area contributed by atoms with Crippen LogP contribution in [0, 0.1) is 6.92 Å². The molecule has 0 fully saturated rings. The van der Waals surface area contributed by atoms with E-state index in [1.807, 2.05) is 6.92 Å². The maximum absolute atomic E-state index is 12.2. The lowest BCUT2D eigenvalue weighted by Crippen LogP contribution is -2.23. The van der Waals surface area contributed by atoms with Crippen LogP contribution in [-0.4, -0.2) is 20.6 Å². The Morgan fingerprint density at radius 1 is 1.43 bits per heavy atom. The number of anilines is 2. The van der Waals surface area contributed by atoms with Crippen LogP contribution in [0.1, 0.15) is 29.3 Å². The lowest BCUT2D eigenvalue weighted by Gasteiger charge is -2.09. The van der Waals surface area contributed by atoms with E-state index < -0.39 is 5.97 Å². The predicted molar refractivity (Wildman–Crippen MR) is 80.2 cm³/mol. The third kappa shape index (κ3) is 3.28. The number of aromatic nitrogens is 2. The summed E-state index contributed by atoms with van der Waals surface area (Å²) in [6.07, 6.45) is 4.03. The molecule has 0 radical (unpaired) electrons. The number of aryl methyl sites for hydroxylation is 2. The van der Waals surface area contributed by atoms with Crippen LogP contribution in [0.25, 0.3) is 0 Å². The normalized spacial score (nSPS) is 10.4. The van der Waals surface area contributed by atoms with Gasteiger partial charge in [0, 0.05) is 24.6 Å². The van der Waals surface area contributed by atoms with Gasteiger partial charge in [0.15, 0.2) is 5.82 Å². The number of carbonyl (C=O) groups is 1. The van der Waals surface area contributed by atoms with Gasteiger partial charge in [0.25, 0.3) is 5.56 Å². The number of rotatable bonds is 5. The molecular formula is C15H17N3O3. The molecule has 0 spiro atoms. The molecule has 110 valence electrons. The molecular weight excluding hydrogens is 270 g/mol. The maximum Gasteiger partial charge on any atom is 0.336 e. The van der Waals surface area contributed by atoms with E-state index in [1.165, 1.54) is 6.07 Å². The average Bonchev–Trinajstić information content (AvgIpc) is 2.45. The summed E-state index contributed by atoms with van der Waals surface area (Å²) >= 11 is 0. The molecule has 0 saturated heterocycles. The minimum atomic E-state index is -0.999. The van der Waals surface area contributed by atoms with Gasteiger partial charge in [0.2, 0.25) is 0 Å². The van der Waals surface area contributed by atoms with Gasteiger partial charge in [-0.2, -0.15) is 0 Å². The van der Waals surface area contributed by atoms with Gasteiger partial charge in [-0.25, -0.2) is 9.78 Å². The number of nitrogens with one attached hydrogen (secondary N) is 1. The molecule has 1 aromatic heterocycles.